The first kappa shape index (κ1) is 23.4. The van der Waals surface area contributed by atoms with E-state index in [1.54, 1.807) is 13.8 Å². The second-order valence-corrected chi connectivity index (χ2v) is 10.0. The number of benzene rings is 1. The molecule has 0 radical (unpaired) electrons. The summed E-state index contributed by atoms with van der Waals surface area (Å²) >= 11 is 1.14. The minimum atomic E-state index is -2.40. The Morgan fingerprint density at radius 1 is 1.28 bits per heavy atom. The number of hydrogen-bond acceptors (Lipinski definition) is 5. The van der Waals surface area contributed by atoms with E-state index in [-0.39, 0.29) is 24.1 Å². The Bertz CT molecular complexity index is 943. The molecule has 0 saturated heterocycles. The van der Waals surface area contributed by atoms with Crippen LogP contribution in [0.3, 0.4) is 0 Å². The molecular weight excluding hydrogens is 413 g/mol. The van der Waals surface area contributed by atoms with E-state index in [4.69, 9.17) is 0 Å². The van der Waals surface area contributed by atoms with Gasteiger partial charge in [-0.3, -0.25) is 9.52 Å². The van der Waals surface area contributed by atoms with Crippen LogP contribution in [0.25, 0.3) is 0 Å². The molecule has 0 aliphatic heterocycles. The van der Waals surface area contributed by atoms with E-state index in [1.807, 2.05) is 27.7 Å². The number of halogens is 1. The molecule has 29 heavy (non-hydrogen) atoms. The van der Waals surface area contributed by atoms with Crippen molar-refractivity contribution in [2.45, 2.75) is 65.4 Å². The van der Waals surface area contributed by atoms with E-state index in [1.165, 1.54) is 18.3 Å². The van der Waals surface area contributed by atoms with Crippen LogP contribution in [-0.4, -0.2) is 20.2 Å². The lowest BCUT2D eigenvalue weighted by Gasteiger charge is -2.19. The van der Waals surface area contributed by atoms with E-state index in [2.05, 4.69) is 14.1 Å². The molecule has 1 heterocycles. The van der Waals surface area contributed by atoms with Crippen molar-refractivity contribution in [2.75, 3.05) is 4.72 Å². The van der Waals surface area contributed by atoms with Crippen molar-refractivity contribution in [3.05, 3.63) is 45.7 Å². The number of carbonyl (C=O) groups is 1. The highest BCUT2D eigenvalue weighted by atomic mass is 32.2. The van der Waals surface area contributed by atoms with E-state index in [0.29, 0.717) is 10.0 Å². The van der Waals surface area contributed by atoms with Crippen molar-refractivity contribution in [3.63, 3.8) is 0 Å². The summed E-state index contributed by atoms with van der Waals surface area (Å²) in [4.78, 5) is 17.1. The molecule has 0 bridgehead atoms. The number of aromatic nitrogens is 1. The number of carbonyl (C=O) groups excluding carboxylic acids is 1. The molecule has 0 aliphatic rings. The quantitative estimate of drug-likeness (QED) is 0.551. The molecule has 2 N–H and O–H groups in total. The number of anilines is 1. The predicted molar refractivity (Wildman–Crippen MR) is 116 cm³/mol. The Kier molecular flexibility index (Phi) is 7.53. The van der Waals surface area contributed by atoms with Crippen LogP contribution >= 0.6 is 11.3 Å². The van der Waals surface area contributed by atoms with Crippen LogP contribution in [0.1, 0.15) is 74.9 Å². The number of rotatable bonds is 7. The number of thiol groups is 1. The monoisotopic (exact) mass is 441 g/mol. The molecule has 0 aliphatic carbocycles. The zero-order valence-electron chi connectivity index (χ0n) is 17.5. The summed E-state index contributed by atoms with van der Waals surface area (Å²) in [6, 6.07) is 2.90. The van der Waals surface area contributed by atoms with Gasteiger partial charge >= 0.3 is 0 Å². The highest BCUT2D eigenvalue weighted by Gasteiger charge is 2.20. The van der Waals surface area contributed by atoms with E-state index in [9.17, 15) is 18.5 Å². The smallest absolute Gasteiger partial charge is 0.259 e. The third-order valence-electron chi connectivity index (χ3n) is 4.36. The van der Waals surface area contributed by atoms with Gasteiger partial charge in [-0.2, -0.15) is 0 Å². The van der Waals surface area contributed by atoms with Crippen LogP contribution in [0.5, 0.6) is 0 Å². The van der Waals surface area contributed by atoms with Crippen molar-refractivity contribution in [2.24, 2.45) is 4.36 Å². The minimum Gasteiger partial charge on any atom is -0.385 e. The van der Waals surface area contributed by atoms with E-state index >= 15 is 0 Å². The van der Waals surface area contributed by atoms with Gasteiger partial charge in [0.15, 0.2) is 5.13 Å². The van der Waals surface area contributed by atoms with Crippen LogP contribution in [0.15, 0.2) is 22.7 Å². The Morgan fingerprint density at radius 2 is 1.83 bits per heavy atom. The summed E-state index contributed by atoms with van der Waals surface area (Å²) < 4.78 is 32.6. The molecule has 0 fully saturated rings. The third kappa shape index (κ3) is 6.32. The van der Waals surface area contributed by atoms with Gasteiger partial charge in [-0.1, -0.05) is 39.0 Å². The average Bonchev–Trinajstić information content (AvgIpc) is 3.04. The van der Waals surface area contributed by atoms with Crippen molar-refractivity contribution in [3.8, 4) is 0 Å². The molecule has 1 atom stereocenters. The summed E-state index contributed by atoms with van der Waals surface area (Å²) in [7, 11) is -2.40. The summed E-state index contributed by atoms with van der Waals surface area (Å²) in [6.07, 6.45) is 1.44. The van der Waals surface area contributed by atoms with Gasteiger partial charge < -0.3 is 5.11 Å². The van der Waals surface area contributed by atoms with Gasteiger partial charge in [-0.15, -0.1) is 4.36 Å². The highest BCUT2D eigenvalue weighted by Crippen LogP contribution is 2.30. The van der Waals surface area contributed by atoms with Crippen LogP contribution in [0.4, 0.5) is 9.52 Å². The molecule has 1 unspecified atom stereocenters. The predicted octanol–water partition coefficient (Wildman–Crippen LogP) is 4.52. The lowest BCUT2D eigenvalue weighted by molar-refractivity contribution is -0.117. The lowest BCUT2D eigenvalue weighted by atomic mass is 9.87. The Balaban J connectivity index is 2.24. The lowest BCUT2D eigenvalue weighted by Crippen LogP contribution is -2.12. The molecule has 0 spiro atoms. The topological polar surface area (TPSA) is 91.7 Å². The largest absolute Gasteiger partial charge is 0.385 e. The van der Waals surface area contributed by atoms with Crippen molar-refractivity contribution >= 4 is 33.2 Å². The first-order chi connectivity index (χ1) is 13.4. The van der Waals surface area contributed by atoms with Gasteiger partial charge in [0.1, 0.15) is 16.6 Å². The number of thiazole rings is 1. The standard InChI is InChI=1S/C20H28FN3O3S2/c1-11(2)14-7-13(21)8-15(12(3)4)16(14)9-18(25)23-29(27)24-19-22-10-17(28-19)20(5,6)26/h7-8,10-12,26,29H,9H2,1-6H3,(H,22,23,24,25,27). The second-order valence-electron chi connectivity index (χ2n) is 8.02. The fourth-order valence-corrected chi connectivity index (χ4v) is 4.55. The normalized spacial score (nSPS) is 13.3. The first-order valence-corrected chi connectivity index (χ1v) is 11.4. The summed E-state index contributed by atoms with van der Waals surface area (Å²) in [5.74, 6) is -0.806. The molecular formula is C20H28FN3O3S2. The fourth-order valence-electron chi connectivity index (χ4n) is 2.92. The van der Waals surface area contributed by atoms with E-state index in [0.717, 1.165) is 28.0 Å². The maximum atomic E-state index is 14.0. The van der Waals surface area contributed by atoms with Crippen molar-refractivity contribution in [1.29, 1.82) is 0 Å². The molecule has 1 aromatic heterocycles. The summed E-state index contributed by atoms with van der Waals surface area (Å²) in [5.41, 5.74) is 1.21. The molecule has 2 aromatic rings. The molecule has 9 heteroatoms. The van der Waals surface area contributed by atoms with Crippen LogP contribution in [-0.2, 0) is 27.6 Å². The zero-order valence-corrected chi connectivity index (χ0v) is 19.2. The van der Waals surface area contributed by atoms with Crippen molar-refractivity contribution < 1.29 is 18.5 Å². The second kappa shape index (κ2) is 9.32. The SMILES string of the molecule is CC(C)c1cc(F)cc(C(C)C)c1CC(=O)/N=[SH](=O)\Nc1ncc(C(C)(C)O)s1. The number of aliphatic hydroxyl groups is 1. The maximum absolute atomic E-state index is 14.0. The van der Waals surface area contributed by atoms with Crippen LogP contribution in [0, 0.1) is 5.82 Å². The number of nitrogens with one attached hydrogen (secondary N) is 1. The van der Waals surface area contributed by atoms with Gasteiger partial charge in [0.05, 0.1) is 16.9 Å². The fraction of sp³-hybridized carbons (Fsp3) is 0.500. The molecule has 6 nitrogen and oxygen atoms in total. The molecule has 1 aromatic carbocycles. The van der Waals surface area contributed by atoms with Crippen LogP contribution < -0.4 is 4.72 Å². The van der Waals surface area contributed by atoms with Gasteiger partial charge in [0.25, 0.3) is 5.91 Å². The maximum Gasteiger partial charge on any atom is 0.259 e. The zero-order chi connectivity index (χ0) is 21.9. The molecule has 1 amide bonds. The van der Waals surface area contributed by atoms with Gasteiger partial charge in [0, 0.05) is 6.20 Å². The minimum absolute atomic E-state index is 0.0356. The molecule has 160 valence electrons. The average molecular weight is 442 g/mol. The number of hydrogen-bond donors (Lipinski definition) is 3. The summed E-state index contributed by atoms with van der Waals surface area (Å²) in [5, 5.41) is 10.3. The van der Waals surface area contributed by atoms with Gasteiger partial charge in [-0.25, -0.2) is 13.6 Å². The third-order valence-corrected chi connectivity index (χ3v) is 6.54. The van der Waals surface area contributed by atoms with E-state index < -0.39 is 22.3 Å². The Hall–Kier alpha value is -1.84. The molecule has 0 saturated carbocycles. The summed E-state index contributed by atoms with van der Waals surface area (Å²) in [6.45, 7) is 11.0. The Labute approximate surface area is 176 Å². The number of amides is 1. The number of nitrogens with zero attached hydrogens (tertiary/aromatic N) is 2. The first-order valence-electron chi connectivity index (χ1n) is 9.37. The Morgan fingerprint density at radius 3 is 2.28 bits per heavy atom. The molecule has 2 rings (SSSR count). The van der Waals surface area contributed by atoms with Crippen molar-refractivity contribution in [1.82, 2.24) is 4.98 Å². The highest BCUT2D eigenvalue weighted by molar-refractivity contribution is 7.77. The van der Waals surface area contributed by atoms with Gasteiger partial charge in [-0.05, 0) is 54.5 Å². The van der Waals surface area contributed by atoms with Crippen LogP contribution in [0.2, 0.25) is 0 Å². The van der Waals surface area contributed by atoms with Gasteiger partial charge in [0.2, 0.25) is 0 Å².